The number of rotatable bonds is 9. The fourth-order valence-corrected chi connectivity index (χ4v) is 2.74. The topological polar surface area (TPSA) is 0 Å². The summed E-state index contributed by atoms with van der Waals surface area (Å²) in [6.07, 6.45) is 4.78. The third-order valence-electron chi connectivity index (χ3n) is 4.33. The average Bonchev–Trinajstić information content (AvgIpc) is 2.67. The highest BCUT2D eigenvalue weighted by molar-refractivity contribution is 5.84. The van der Waals surface area contributed by atoms with E-state index in [-0.39, 0.29) is 5.57 Å². The fourth-order valence-electron chi connectivity index (χ4n) is 2.74. The molecule has 3 heteroatoms. The third kappa shape index (κ3) is 9.70. The minimum Gasteiger partial charge on any atom is -0.165 e. The molecule has 0 aliphatic heterocycles. The first kappa shape index (κ1) is 23.9. The van der Waals surface area contributed by atoms with Gasteiger partial charge in [-0.3, -0.25) is 0 Å². The molecule has 0 spiro atoms. The maximum atomic E-state index is 13.7. The van der Waals surface area contributed by atoms with Gasteiger partial charge in [0.2, 0.25) is 0 Å². The highest BCUT2D eigenvalue weighted by atomic mass is 19.4. The number of hydrogen-bond donors (Lipinski definition) is 0. The SMILES string of the molecule is CCCCCCC#C/C(=C(/C#CCCCCCC)C(F)(F)F)c1ccccc1. The summed E-state index contributed by atoms with van der Waals surface area (Å²) in [7, 11) is 0. The molecular formula is C25H31F3. The highest BCUT2D eigenvalue weighted by Gasteiger charge is 2.35. The van der Waals surface area contributed by atoms with E-state index in [1.54, 1.807) is 30.3 Å². The molecule has 1 aromatic rings. The van der Waals surface area contributed by atoms with E-state index in [2.05, 4.69) is 37.5 Å². The second-order valence-corrected chi connectivity index (χ2v) is 6.84. The summed E-state index contributed by atoms with van der Waals surface area (Å²) < 4.78 is 41.2. The van der Waals surface area contributed by atoms with Crippen LogP contribution in [-0.4, -0.2) is 6.18 Å². The van der Waals surface area contributed by atoms with E-state index in [1.165, 1.54) is 0 Å². The number of halogens is 3. The van der Waals surface area contributed by atoms with Gasteiger partial charge in [-0.15, -0.1) is 0 Å². The number of alkyl halides is 3. The zero-order valence-electron chi connectivity index (χ0n) is 17.1. The highest BCUT2D eigenvalue weighted by Crippen LogP contribution is 2.32. The predicted molar refractivity (Wildman–Crippen MR) is 112 cm³/mol. The van der Waals surface area contributed by atoms with Crippen molar-refractivity contribution in [3.05, 3.63) is 41.5 Å². The average molecular weight is 389 g/mol. The van der Waals surface area contributed by atoms with Crippen LogP contribution in [0.25, 0.3) is 5.57 Å². The van der Waals surface area contributed by atoms with Gasteiger partial charge < -0.3 is 0 Å². The molecule has 0 saturated heterocycles. The lowest BCUT2D eigenvalue weighted by atomic mass is 9.99. The molecule has 0 saturated carbocycles. The van der Waals surface area contributed by atoms with Crippen molar-refractivity contribution in [2.75, 3.05) is 0 Å². The molecule has 0 aromatic heterocycles. The number of unbranched alkanes of at least 4 members (excludes halogenated alkanes) is 8. The maximum absolute atomic E-state index is 13.7. The fraction of sp³-hybridized carbons (Fsp3) is 0.520. The first-order valence-corrected chi connectivity index (χ1v) is 10.3. The Labute approximate surface area is 168 Å². The zero-order chi connectivity index (χ0) is 20.7. The van der Waals surface area contributed by atoms with E-state index < -0.39 is 11.7 Å². The van der Waals surface area contributed by atoms with Gasteiger partial charge in [-0.2, -0.15) is 13.2 Å². The molecule has 0 aliphatic rings. The van der Waals surface area contributed by atoms with Crippen LogP contribution in [0.3, 0.4) is 0 Å². The molecule has 28 heavy (non-hydrogen) atoms. The summed E-state index contributed by atoms with van der Waals surface area (Å²) in [5, 5.41) is 0. The maximum Gasteiger partial charge on any atom is 0.425 e. The van der Waals surface area contributed by atoms with E-state index in [0.717, 1.165) is 51.4 Å². The van der Waals surface area contributed by atoms with Crippen molar-refractivity contribution in [1.82, 2.24) is 0 Å². The monoisotopic (exact) mass is 388 g/mol. The van der Waals surface area contributed by atoms with Crippen molar-refractivity contribution in [3.8, 4) is 23.7 Å². The molecular weight excluding hydrogens is 357 g/mol. The summed E-state index contributed by atoms with van der Waals surface area (Å²) in [5.41, 5.74) is -0.365. The standard InChI is InChI=1S/C25H31F3/c1-3-5-7-9-11-16-20-23(22-18-14-13-15-19-22)24(25(26,27)28)21-17-12-10-8-6-4-2/h13-15,18-19H,3-12H2,1-2H3/b24-23+. The molecule has 1 rings (SSSR count). The van der Waals surface area contributed by atoms with Crippen molar-refractivity contribution in [1.29, 1.82) is 0 Å². The van der Waals surface area contributed by atoms with E-state index in [1.807, 2.05) is 0 Å². The Balaban J connectivity index is 3.12. The van der Waals surface area contributed by atoms with E-state index >= 15 is 0 Å². The number of hydrogen-bond acceptors (Lipinski definition) is 0. The Kier molecular flexibility index (Phi) is 11.9. The molecule has 0 bridgehead atoms. The molecule has 0 amide bonds. The van der Waals surface area contributed by atoms with Crippen LogP contribution in [0.15, 0.2) is 35.9 Å². The van der Waals surface area contributed by atoms with Crippen LogP contribution in [0.4, 0.5) is 13.2 Å². The van der Waals surface area contributed by atoms with Crippen molar-refractivity contribution >= 4 is 5.57 Å². The predicted octanol–water partition coefficient (Wildman–Crippen LogP) is 7.95. The lowest BCUT2D eigenvalue weighted by Gasteiger charge is -2.10. The van der Waals surface area contributed by atoms with Crippen molar-refractivity contribution < 1.29 is 13.2 Å². The summed E-state index contributed by atoms with van der Waals surface area (Å²) in [6.45, 7) is 4.22. The minimum atomic E-state index is -4.52. The molecule has 0 atom stereocenters. The Hall–Kier alpha value is -2.13. The van der Waals surface area contributed by atoms with E-state index in [0.29, 0.717) is 18.4 Å². The van der Waals surface area contributed by atoms with Crippen LogP contribution in [0.2, 0.25) is 0 Å². The quantitative estimate of drug-likeness (QED) is 0.297. The largest absolute Gasteiger partial charge is 0.425 e. The van der Waals surface area contributed by atoms with Crippen molar-refractivity contribution in [2.45, 2.75) is 84.2 Å². The van der Waals surface area contributed by atoms with Gasteiger partial charge >= 0.3 is 6.18 Å². The lowest BCUT2D eigenvalue weighted by molar-refractivity contribution is -0.0865. The summed E-state index contributed by atoms with van der Waals surface area (Å²) in [6, 6.07) is 8.56. The molecule has 0 fully saturated rings. The van der Waals surface area contributed by atoms with Gasteiger partial charge in [-0.05, 0) is 18.4 Å². The van der Waals surface area contributed by atoms with Crippen LogP contribution in [0.1, 0.15) is 83.6 Å². The van der Waals surface area contributed by atoms with Gasteiger partial charge in [0.25, 0.3) is 0 Å². The lowest BCUT2D eigenvalue weighted by Crippen LogP contribution is -2.12. The van der Waals surface area contributed by atoms with Gasteiger partial charge in [0.15, 0.2) is 0 Å². The molecule has 0 nitrogen and oxygen atoms in total. The molecule has 0 heterocycles. The minimum absolute atomic E-state index is 0.00958. The second-order valence-electron chi connectivity index (χ2n) is 6.84. The third-order valence-corrected chi connectivity index (χ3v) is 4.33. The van der Waals surface area contributed by atoms with Gasteiger partial charge in [0.1, 0.15) is 5.57 Å². The van der Waals surface area contributed by atoms with Crippen LogP contribution < -0.4 is 0 Å². The van der Waals surface area contributed by atoms with Gasteiger partial charge in [0, 0.05) is 12.8 Å². The Morgan fingerprint density at radius 1 is 0.750 bits per heavy atom. The first-order chi connectivity index (χ1) is 13.5. The summed E-state index contributed by atoms with van der Waals surface area (Å²) >= 11 is 0. The van der Waals surface area contributed by atoms with Crippen LogP contribution in [0.5, 0.6) is 0 Å². The van der Waals surface area contributed by atoms with Gasteiger partial charge in [-0.1, -0.05) is 106 Å². The molecule has 0 aliphatic carbocycles. The van der Waals surface area contributed by atoms with E-state index in [4.69, 9.17) is 0 Å². The molecule has 0 radical (unpaired) electrons. The smallest absolute Gasteiger partial charge is 0.165 e. The zero-order valence-corrected chi connectivity index (χ0v) is 17.1. The normalized spacial score (nSPS) is 11.8. The van der Waals surface area contributed by atoms with Gasteiger partial charge in [0.05, 0.1) is 5.57 Å². The number of allylic oxidation sites excluding steroid dienone is 2. The van der Waals surface area contributed by atoms with Gasteiger partial charge in [-0.25, -0.2) is 0 Å². The molecule has 152 valence electrons. The van der Waals surface area contributed by atoms with Crippen LogP contribution in [-0.2, 0) is 0 Å². The molecule has 0 N–H and O–H groups in total. The summed E-state index contributed by atoms with van der Waals surface area (Å²) in [4.78, 5) is 0. The molecule has 1 aromatic carbocycles. The summed E-state index contributed by atoms with van der Waals surface area (Å²) in [5.74, 6) is 10.8. The first-order valence-electron chi connectivity index (χ1n) is 10.3. The Morgan fingerprint density at radius 3 is 1.79 bits per heavy atom. The van der Waals surface area contributed by atoms with Crippen molar-refractivity contribution in [3.63, 3.8) is 0 Å². The molecule has 0 unspecified atom stereocenters. The van der Waals surface area contributed by atoms with E-state index in [9.17, 15) is 13.2 Å². The van der Waals surface area contributed by atoms with Crippen LogP contribution in [0, 0.1) is 23.7 Å². The van der Waals surface area contributed by atoms with Crippen molar-refractivity contribution in [2.24, 2.45) is 0 Å². The Bertz CT molecular complexity index is 703. The number of benzene rings is 1. The second kappa shape index (κ2) is 14.0. The van der Waals surface area contributed by atoms with Crippen LogP contribution >= 0.6 is 0 Å². The Morgan fingerprint density at radius 2 is 1.29 bits per heavy atom.